The van der Waals surface area contributed by atoms with Crippen LogP contribution in [0.5, 0.6) is 0 Å². The molecule has 2 heterocycles. The molecule has 0 radical (unpaired) electrons. The molecule has 3 rings (SSSR count). The van der Waals surface area contributed by atoms with E-state index in [1.807, 2.05) is 44.2 Å². The SMILES string of the molecule is Cc1noc(C)c1CNC(=O)[C@@H]1CC(=O)N(Cc2ccccc2)C1. The number of benzene rings is 1. The standard InChI is InChI=1S/C18H21N3O3/c1-12-16(13(2)24-20-12)9-19-18(23)15-8-17(22)21(11-15)10-14-6-4-3-5-7-14/h3-7,15H,8-11H2,1-2H3,(H,19,23)/t15-/m1/s1. The van der Waals surface area contributed by atoms with Crippen molar-refractivity contribution in [3.63, 3.8) is 0 Å². The Labute approximate surface area is 140 Å². The van der Waals surface area contributed by atoms with Gasteiger partial charge in [0.05, 0.1) is 11.6 Å². The normalized spacial score (nSPS) is 17.3. The first-order chi connectivity index (χ1) is 11.5. The number of hydrogen-bond acceptors (Lipinski definition) is 4. The molecule has 1 aliphatic heterocycles. The van der Waals surface area contributed by atoms with Gasteiger partial charge in [-0.1, -0.05) is 35.5 Å². The van der Waals surface area contributed by atoms with Crippen LogP contribution in [0.25, 0.3) is 0 Å². The molecule has 0 spiro atoms. The van der Waals surface area contributed by atoms with Gasteiger partial charge < -0.3 is 14.7 Å². The lowest BCUT2D eigenvalue weighted by Gasteiger charge is -2.16. The van der Waals surface area contributed by atoms with Crippen LogP contribution in [0.2, 0.25) is 0 Å². The van der Waals surface area contributed by atoms with Crippen molar-refractivity contribution in [3.8, 4) is 0 Å². The van der Waals surface area contributed by atoms with Crippen molar-refractivity contribution in [2.24, 2.45) is 5.92 Å². The van der Waals surface area contributed by atoms with E-state index in [9.17, 15) is 9.59 Å². The highest BCUT2D eigenvalue weighted by Crippen LogP contribution is 2.21. The van der Waals surface area contributed by atoms with Crippen LogP contribution in [0.3, 0.4) is 0 Å². The van der Waals surface area contributed by atoms with Gasteiger partial charge in [0.15, 0.2) is 0 Å². The van der Waals surface area contributed by atoms with Gasteiger partial charge in [-0.25, -0.2) is 0 Å². The Bertz CT molecular complexity index is 720. The van der Waals surface area contributed by atoms with Crippen LogP contribution < -0.4 is 5.32 Å². The molecule has 1 atom stereocenters. The van der Waals surface area contributed by atoms with Gasteiger partial charge >= 0.3 is 0 Å². The van der Waals surface area contributed by atoms with Gasteiger partial charge in [0.1, 0.15) is 5.76 Å². The molecule has 1 fully saturated rings. The third-order valence-electron chi connectivity index (χ3n) is 4.42. The van der Waals surface area contributed by atoms with Crippen molar-refractivity contribution < 1.29 is 14.1 Å². The van der Waals surface area contributed by atoms with Gasteiger partial charge in [0.25, 0.3) is 0 Å². The maximum absolute atomic E-state index is 12.4. The predicted molar refractivity (Wildman–Crippen MR) is 87.8 cm³/mol. The predicted octanol–water partition coefficient (Wildman–Crippen LogP) is 1.96. The third-order valence-corrected chi connectivity index (χ3v) is 4.42. The van der Waals surface area contributed by atoms with Gasteiger partial charge in [0, 0.05) is 31.6 Å². The van der Waals surface area contributed by atoms with Gasteiger partial charge in [-0.15, -0.1) is 0 Å². The van der Waals surface area contributed by atoms with Crippen LogP contribution in [0, 0.1) is 19.8 Å². The summed E-state index contributed by atoms with van der Waals surface area (Å²) in [4.78, 5) is 26.3. The molecule has 1 aromatic heterocycles. The molecule has 2 amide bonds. The Morgan fingerprint density at radius 1 is 1.33 bits per heavy atom. The van der Waals surface area contributed by atoms with Crippen LogP contribution in [0.1, 0.15) is 29.0 Å². The minimum atomic E-state index is -0.304. The summed E-state index contributed by atoms with van der Waals surface area (Å²) in [5, 5.41) is 6.77. The summed E-state index contributed by atoms with van der Waals surface area (Å²) < 4.78 is 5.09. The van der Waals surface area contributed by atoms with Crippen molar-refractivity contribution in [2.75, 3.05) is 6.54 Å². The fraction of sp³-hybridized carbons (Fsp3) is 0.389. The van der Waals surface area contributed by atoms with Crippen molar-refractivity contribution >= 4 is 11.8 Å². The maximum Gasteiger partial charge on any atom is 0.225 e. The second-order valence-electron chi connectivity index (χ2n) is 6.18. The third kappa shape index (κ3) is 3.48. The Morgan fingerprint density at radius 3 is 2.75 bits per heavy atom. The van der Waals surface area contributed by atoms with E-state index in [1.54, 1.807) is 4.90 Å². The summed E-state index contributed by atoms with van der Waals surface area (Å²) in [6.45, 7) is 5.05. The number of amides is 2. The summed E-state index contributed by atoms with van der Waals surface area (Å²) >= 11 is 0. The molecule has 2 aromatic rings. The number of hydrogen-bond donors (Lipinski definition) is 1. The number of nitrogens with one attached hydrogen (secondary N) is 1. The van der Waals surface area contributed by atoms with Crippen LogP contribution >= 0.6 is 0 Å². The molecule has 1 N–H and O–H groups in total. The zero-order valence-electron chi connectivity index (χ0n) is 13.9. The van der Waals surface area contributed by atoms with Crippen molar-refractivity contribution in [1.29, 1.82) is 0 Å². The Kier molecular flexibility index (Phi) is 4.64. The molecule has 0 saturated carbocycles. The van der Waals surface area contributed by atoms with Gasteiger partial charge in [-0.05, 0) is 19.4 Å². The van der Waals surface area contributed by atoms with E-state index in [-0.39, 0.29) is 24.2 Å². The van der Waals surface area contributed by atoms with E-state index >= 15 is 0 Å². The summed E-state index contributed by atoms with van der Waals surface area (Å²) in [6.07, 6.45) is 0.264. The number of aromatic nitrogens is 1. The lowest BCUT2D eigenvalue weighted by Crippen LogP contribution is -2.32. The monoisotopic (exact) mass is 327 g/mol. The molecule has 6 heteroatoms. The Hall–Kier alpha value is -2.63. The number of aryl methyl sites for hydroxylation is 2. The first-order valence-electron chi connectivity index (χ1n) is 8.05. The fourth-order valence-electron chi connectivity index (χ4n) is 2.98. The number of nitrogens with zero attached hydrogens (tertiary/aromatic N) is 2. The Balaban J connectivity index is 1.56. The molecule has 0 unspecified atom stereocenters. The molecule has 6 nitrogen and oxygen atoms in total. The van der Waals surface area contributed by atoms with Crippen LogP contribution in [0.4, 0.5) is 0 Å². The van der Waals surface area contributed by atoms with E-state index in [4.69, 9.17) is 4.52 Å². The molecule has 126 valence electrons. The zero-order chi connectivity index (χ0) is 17.1. The Morgan fingerprint density at radius 2 is 2.08 bits per heavy atom. The molecule has 24 heavy (non-hydrogen) atoms. The largest absolute Gasteiger partial charge is 0.361 e. The highest BCUT2D eigenvalue weighted by Gasteiger charge is 2.34. The maximum atomic E-state index is 12.4. The number of rotatable bonds is 5. The van der Waals surface area contributed by atoms with Crippen LogP contribution in [-0.2, 0) is 22.7 Å². The quantitative estimate of drug-likeness (QED) is 0.911. The second-order valence-corrected chi connectivity index (χ2v) is 6.18. The van der Waals surface area contributed by atoms with Crippen molar-refractivity contribution in [3.05, 3.63) is 52.9 Å². The lowest BCUT2D eigenvalue weighted by molar-refractivity contribution is -0.129. The van der Waals surface area contributed by atoms with Crippen molar-refractivity contribution in [2.45, 2.75) is 33.4 Å². The van der Waals surface area contributed by atoms with Gasteiger partial charge in [0.2, 0.25) is 11.8 Å². The van der Waals surface area contributed by atoms with E-state index < -0.39 is 0 Å². The van der Waals surface area contributed by atoms with Crippen LogP contribution in [-0.4, -0.2) is 28.4 Å². The molecule has 0 bridgehead atoms. The molecular weight excluding hydrogens is 306 g/mol. The summed E-state index contributed by atoms with van der Waals surface area (Å²) in [7, 11) is 0. The minimum absolute atomic E-state index is 0.0244. The first-order valence-corrected chi connectivity index (χ1v) is 8.05. The summed E-state index contributed by atoms with van der Waals surface area (Å²) in [6, 6.07) is 9.81. The van der Waals surface area contributed by atoms with E-state index in [0.717, 1.165) is 16.8 Å². The number of likely N-dealkylation sites (tertiary alicyclic amines) is 1. The first kappa shape index (κ1) is 16.2. The zero-order valence-corrected chi connectivity index (χ0v) is 13.9. The summed E-state index contributed by atoms with van der Waals surface area (Å²) in [5.41, 5.74) is 2.75. The lowest BCUT2D eigenvalue weighted by atomic mass is 10.1. The van der Waals surface area contributed by atoms with Gasteiger partial charge in [-0.2, -0.15) is 0 Å². The van der Waals surface area contributed by atoms with E-state index in [2.05, 4.69) is 10.5 Å². The highest BCUT2D eigenvalue weighted by molar-refractivity contribution is 5.89. The molecule has 1 saturated heterocycles. The van der Waals surface area contributed by atoms with E-state index in [1.165, 1.54) is 0 Å². The average Bonchev–Trinajstić information content (AvgIpc) is 3.09. The number of carbonyl (C=O) groups is 2. The van der Waals surface area contributed by atoms with Crippen molar-refractivity contribution in [1.82, 2.24) is 15.4 Å². The number of carbonyl (C=O) groups excluding carboxylic acids is 2. The smallest absolute Gasteiger partial charge is 0.225 e. The average molecular weight is 327 g/mol. The minimum Gasteiger partial charge on any atom is -0.361 e. The molecule has 1 aliphatic rings. The molecule has 0 aliphatic carbocycles. The topological polar surface area (TPSA) is 75.4 Å². The fourth-order valence-corrected chi connectivity index (χ4v) is 2.98. The molecular formula is C18H21N3O3. The van der Waals surface area contributed by atoms with Gasteiger partial charge in [-0.3, -0.25) is 9.59 Å². The summed E-state index contributed by atoms with van der Waals surface area (Å²) in [5.74, 6) is 0.331. The van der Waals surface area contributed by atoms with Crippen LogP contribution in [0.15, 0.2) is 34.9 Å². The van der Waals surface area contributed by atoms with E-state index in [0.29, 0.717) is 25.4 Å². The molecule has 1 aromatic carbocycles. The second kappa shape index (κ2) is 6.86. The highest BCUT2D eigenvalue weighted by atomic mass is 16.5.